The van der Waals surface area contributed by atoms with Gasteiger partial charge >= 0.3 is 0 Å². The maximum absolute atomic E-state index is 11.1. The van der Waals surface area contributed by atoms with Crippen molar-refractivity contribution >= 4 is 11.6 Å². The van der Waals surface area contributed by atoms with Crippen LogP contribution in [0.3, 0.4) is 0 Å². The number of hydrogen-bond donors (Lipinski definition) is 1. The van der Waals surface area contributed by atoms with E-state index in [2.05, 4.69) is 49.0 Å². The molecule has 1 unspecified atom stereocenters. The summed E-state index contributed by atoms with van der Waals surface area (Å²) in [6.45, 7) is 11.4. The Bertz CT molecular complexity index is 514. The van der Waals surface area contributed by atoms with Gasteiger partial charge in [-0.15, -0.1) is 0 Å². The van der Waals surface area contributed by atoms with Crippen LogP contribution in [-0.4, -0.2) is 36.1 Å². The van der Waals surface area contributed by atoms with Crippen LogP contribution >= 0.6 is 0 Å². The fourth-order valence-corrected chi connectivity index (χ4v) is 2.47. The number of nitrogens with zero attached hydrogens (tertiary/aromatic N) is 2. The molecule has 5 nitrogen and oxygen atoms in total. The van der Waals surface area contributed by atoms with Crippen molar-refractivity contribution in [1.82, 2.24) is 10.3 Å². The van der Waals surface area contributed by atoms with Crippen LogP contribution in [0.1, 0.15) is 46.2 Å². The fraction of sp³-hybridized carbons (Fsp3) is 0.625. The van der Waals surface area contributed by atoms with Crippen molar-refractivity contribution in [2.45, 2.75) is 52.7 Å². The molecule has 2 rings (SSSR count). The number of hydrogen-bond acceptors (Lipinski definition) is 4. The SMILES string of the molecule is CC(=O)NCC1CN(C(C)C)c2cc(C(C)C)ncc2O1. The zero-order chi connectivity index (χ0) is 15.6. The lowest BCUT2D eigenvalue weighted by Gasteiger charge is -2.39. The van der Waals surface area contributed by atoms with Gasteiger partial charge in [-0.05, 0) is 25.8 Å². The van der Waals surface area contributed by atoms with Crippen molar-refractivity contribution in [3.8, 4) is 5.75 Å². The Morgan fingerprint density at radius 1 is 1.48 bits per heavy atom. The molecule has 1 aliphatic heterocycles. The summed E-state index contributed by atoms with van der Waals surface area (Å²) in [4.78, 5) is 17.9. The highest BCUT2D eigenvalue weighted by molar-refractivity contribution is 5.72. The van der Waals surface area contributed by atoms with Crippen molar-refractivity contribution in [3.05, 3.63) is 18.0 Å². The van der Waals surface area contributed by atoms with Gasteiger partial charge in [0.1, 0.15) is 6.10 Å². The predicted octanol–water partition coefficient (Wildman–Crippen LogP) is 2.32. The van der Waals surface area contributed by atoms with Crippen molar-refractivity contribution in [1.29, 1.82) is 0 Å². The number of carbonyl (C=O) groups is 1. The first-order valence-electron chi connectivity index (χ1n) is 7.56. The molecule has 1 aromatic rings. The van der Waals surface area contributed by atoms with E-state index in [1.54, 1.807) is 6.20 Å². The second kappa shape index (κ2) is 6.33. The van der Waals surface area contributed by atoms with Crippen molar-refractivity contribution in [2.24, 2.45) is 0 Å². The summed E-state index contributed by atoms with van der Waals surface area (Å²) in [5, 5.41) is 2.82. The average molecular weight is 291 g/mol. The summed E-state index contributed by atoms with van der Waals surface area (Å²) >= 11 is 0. The first kappa shape index (κ1) is 15.6. The lowest BCUT2D eigenvalue weighted by Crippen LogP contribution is -2.48. The molecule has 0 radical (unpaired) electrons. The highest BCUT2D eigenvalue weighted by atomic mass is 16.5. The molecule has 1 atom stereocenters. The molecule has 1 aliphatic rings. The van der Waals surface area contributed by atoms with Gasteiger partial charge in [0.05, 0.1) is 25.0 Å². The molecule has 0 aliphatic carbocycles. The van der Waals surface area contributed by atoms with E-state index in [1.807, 2.05) is 0 Å². The largest absolute Gasteiger partial charge is 0.483 e. The van der Waals surface area contributed by atoms with Crippen molar-refractivity contribution in [2.75, 3.05) is 18.0 Å². The second-order valence-corrected chi connectivity index (χ2v) is 6.15. The van der Waals surface area contributed by atoms with Gasteiger partial charge < -0.3 is 15.0 Å². The van der Waals surface area contributed by atoms with Gasteiger partial charge in [0.2, 0.25) is 5.91 Å². The molecule has 116 valence electrons. The monoisotopic (exact) mass is 291 g/mol. The molecule has 5 heteroatoms. The van der Waals surface area contributed by atoms with Crippen LogP contribution in [0.25, 0.3) is 0 Å². The molecule has 0 saturated heterocycles. The number of anilines is 1. The molecule has 0 spiro atoms. The summed E-state index contributed by atoms with van der Waals surface area (Å²) in [7, 11) is 0. The summed E-state index contributed by atoms with van der Waals surface area (Å²) in [6.07, 6.45) is 1.76. The molecule has 1 N–H and O–H groups in total. The first-order valence-corrected chi connectivity index (χ1v) is 7.56. The summed E-state index contributed by atoms with van der Waals surface area (Å²) < 4.78 is 5.98. The highest BCUT2D eigenvalue weighted by Gasteiger charge is 2.28. The quantitative estimate of drug-likeness (QED) is 0.925. The van der Waals surface area contributed by atoms with Crippen molar-refractivity contribution in [3.63, 3.8) is 0 Å². The fourth-order valence-electron chi connectivity index (χ4n) is 2.47. The molecule has 1 amide bonds. The van der Waals surface area contributed by atoms with Gasteiger partial charge in [-0.25, -0.2) is 0 Å². The van der Waals surface area contributed by atoms with Crippen molar-refractivity contribution < 1.29 is 9.53 Å². The molecule has 0 aromatic carbocycles. The smallest absolute Gasteiger partial charge is 0.217 e. The summed E-state index contributed by atoms with van der Waals surface area (Å²) in [5.41, 5.74) is 2.17. The predicted molar refractivity (Wildman–Crippen MR) is 83.9 cm³/mol. The first-order chi connectivity index (χ1) is 9.88. The minimum Gasteiger partial charge on any atom is -0.483 e. The summed E-state index contributed by atoms with van der Waals surface area (Å²) in [6, 6.07) is 2.49. The molecular formula is C16H25N3O2. The normalized spacial score (nSPS) is 17.7. The molecule has 0 saturated carbocycles. The van der Waals surface area contributed by atoms with Crippen LogP contribution in [0.4, 0.5) is 5.69 Å². The van der Waals surface area contributed by atoms with Gasteiger partial charge in [0.15, 0.2) is 5.75 Å². The van der Waals surface area contributed by atoms with E-state index >= 15 is 0 Å². The maximum Gasteiger partial charge on any atom is 0.217 e. The van der Waals surface area contributed by atoms with Gasteiger partial charge in [-0.1, -0.05) is 13.8 Å². The molecule has 0 fully saturated rings. The van der Waals surface area contributed by atoms with Crippen LogP contribution in [0.15, 0.2) is 12.3 Å². The van der Waals surface area contributed by atoms with E-state index in [0.717, 1.165) is 23.7 Å². The van der Waals surface area contributed by atoms with E-state index in [4.69, 9.17) is 4.74 Å². The third-order valence-corrected chi connectivity index (χ3v) is 3.66. The van der Waals surface area contributed by atoms with E-state index in [1.165, 1.54) is 6.92 Å². The maximum atomic E-state index is 11.1. The Morgan fingerprint density at radius 3 is 2.76 bits per heavy atom. The lowest BCUT2D eigenvalue weighted by molar-refractivity contribution is -0.119. The Balaban J connectivity index is 2.25. The Kier molecular flexibility index (Phi) is 4.70. The van der Waals surface area contributed by atoms with Gasteiger partial charge in [-0.3, -0.25) is 9.78 Å². The Hall–Kier alpha value is -1.78. The number of rotatable bonds is 4. The zero-order valence-electron chi connectivity index (χ0n) is 13.5. The van der Waals surface area contributed by atoms with E-state index in [9.17, 15) is 4.79 Å². The molecule has 2 heterocycles. The van der Waals surface area contributed by atoms with Gasteiger partial charge in [0, 0.05) is 18.7 Å². The Labute approximate surface area is 126 Å². The van der Waals surface area contributed by atoms with Gasteiger partial charge in [0.25, 0.3) is 0 Å². The number of nitrogens with one attached hydrogen (secondary N) is 1. The number of aromatic nitrogens is 1. The average Bonchev–Trinajstić information content (AvgIpc) is 2.43. The summed E-state index contributed by atoms with van der Waals surface area (Å²) in [5.74, 6) is 1.16. The van der Waals surface area contributed by atoms with Crippen LogP contribution in [0, 0.1) is 0 Å². The van der Waals surface area contributed by atoms with Crippen LogP contribution < -0.4 is 15.0 Å². The highest BCUT2D eigenvalue weighted by Crippen LogP contribution is 2.35. The topological polar surface area (TPSA) is 54.5 Å². The molecule has 0 bridgehead atoms. The van der Waals surface area contributed by atoms with E-state index < -0.39 is 0 Å². The molecular weight excluding hydrogens is 266 g/mol. The number of fused-ring (bicyclic) bond motifs is 1. The second-order valence-electron chi connectivity index (χ2n) is 6.15. The lowest BCUT2D eigenvalue weighted by atomic mass is 10.1. The number of pyridine rings is 1. The molecule has 1 aromatic heterocycles. The van der Waals surface area contributed by atoms with E-state index in [-0.39, 0.29) is 12.0 Å². The third kappa shape index (κ3) is 3.65. The number of carbonyl (C=O) groups excluding carboxylic acids is 1. The number of amides is 1. The Morgan fingerprint density at radius 2 is 2.19 bits per heavy atom. The van der Waals surface area contributed by atoms with Crippen LogP contribution in [-0.2, 0) is 4.79 Å². The zero-order valence-corrected chi connectivity index (χ0v) is 13.5. The number of ether oxygens (including phenoxy) is 1. The van der Waals surface area contributed by atoms with E-state index in [0.29, 0.717) is 18.5 Å². The van der Waals surface area contributed by atoms with Gasteiger partial charge in [-0.2, -0.15) is 0 Å². The molecule has 21 heavy (non-hydrogen) atoms. The van der Waals surface area contributed by atoms with Crippen LogP contribution in [0.5, 0.6) is 5.75 Å². The minimum absolute atomic E-state index is 0.0335. The van der Waals surface area contributed by atoms with Crippen LogP contribution in [0.2, 0.25) is 0 Å². The minimum atomic E-state index is -0.0458. The third-order valence-electron chi connectivity index (χ3n) is 3.66. The standard InChI is InChI=1S/C16H25N3O2/c1-10(2)14-6-15-16(8-18-14)21-13(7-17-12(5)20)9-19(15)11(3)4/h6,8,10-11,13H,7,9H2,1-5H3,(H,17,20).